The van der Waals surface area contributed by atoms with Crippen molar-refractivity contribution in [3.05, 3.63) is 343 Å². The summed E-state index contributed by atoms with van der Waals surface area (Å²) in [6, 6.07) is 118. The molecule has 0 heterocycles. The second-order valence-corrected chi connectivity index (χ2v) is 31.8. The van der Waals surface area contributed by atoms with Gasteiger partial charge in [0.1, 0.15) is 5.75 Å². The highest BCUT2D eigenvalue weighted by molar-refractivity contribution is 6.30. The first-order chi connectivity index (χ1) is 51.8. The molecule has 17 aromatic carbocycles. The number of ether oxygens (including phenoxy) is 1. The molecule has 0 N–H and O–H groups in total. The largest absolute Gasteiger partial charge is 0.494 e. The van der Waals surface area contributed by atoms with Gasteiger partial charge in [-0.15, -0.1) is 0 Å². The van der Waals surface area contributed by atoms with Crippen molar-refractivity contribution in [1.82, 2.24) is 0 Å². The molecule has 508 valence electrons. The lowest BCUT2D eigenvalue weighted by Crippen LogP contribution is -2.15. The van der Waals surface area contributed by atoms with E-state index in [0.717, 1.165) is 18.8 Å². The van der Waals surface area contributed by atoms with Crippen LogP contribution in [-0.4, -0.2) is 6.61 Å². The van der Waals surface area contributed by atoms with Crippen molar-refractivity contribution in [2.24, 2.45) is 0 Å². The van der Waals surface area contributed by atoms with E-state index in [1.165, 1.54) is 229 Å². The summed E-state index contributed by atoms with van der Waals surface area (Å²) in [7, 11) is 0. The lowest BCUT2D eigenvalue weighted by Gasteiger charge is -2.25. The number of fused-ring (bicyclic) bond motifs is 15. The second-order valence-electron chi connectivity index (χ2n) is 31.8. The minimum atomic E-state index is -0.267. The highest BCUT2D eigenvalue weighted by atomic mass is 16.5. The van der Waals surface area contributed by atoms with Crippen molar-refractivity contribution in [3.8, 4) is 117 Å². The Kier molecular flexibility index (Phi) is 14.6. The van der Waals surface area contributed by atoms with Gasteiger partial charge in [0.15, 0.2) is 0 Å². The highest BCUT2D eigenvalue weighted by Crippen LogP contribution is 2.58. The SMILES string of the molecule is CCCCCCOc1ccc(-c2ccc(-c3c4ccccc4c(-c4ccc5c(c4)C(C)(C)c4cc(-c6ccc7c(c6)C(C)(C)c6cc(-c8c9ccccc9c(-c9c%10ccccc%10c(-c%10ccc%11c(c%10)C(C)(C)c%10ccccc%10-%11)c%10ccccc9%10)c9ccccc89)ccc6-7)ccc4-5)c4ccccc34)cc2)cc1. The van der Waals surface area contributed by atoms with Gasteiger partial charge in [0, 0.05) is 16.2 Å². The minimum Gasteiger partial charge on any atom is -0.494 e. The van der Waals surface area contributed by atoms with Gasteiger partial charge >= 0.3 is 0 Å². The maximum Gasteiger partial charge on any atom is 0.119 e. The van der Waals surface area contributed by atoms with Crippen LogP contribution in [0.4, 0.5) is 0 Å². The van der Waals surface area contributed by atoms with Crippen LogP contribution < -0.4 is 4.74 Å². The maximum absolute atomic E-state index is 6.10. The van der Waals surface area contributed by atoms with E-state index < -0.39 is 0 Å². The number of rotatable bonds is 13. The van der Waals surface area contributed by atoms with Gasteiger partial charge in [-0.05, 0) is 258 Å². The predicted molar refractivity (Wildman–Crippen MR) is 452 cm³/mol. The molecule has 0 fully saturated rings. The lowest BCUT2D eigenvalue weighted by atomic mass is 9.78. The summed E-state index contributed by atoms with van der Waals surface area (Å²) < 4.78 is 6.10. The van der Waals surface area contributed by atoms with Crippen LogP contribution in [0.1, 0.15) is 108 Å². The van der Waals surface area contributed by atoms with E-state index in [1.807, 2.05) is 0 Å². The Balaban J connectivity index is 0.626. The Morgan fingerprint density at radius 1 is 0.208 bits per heavy atom. The molecule has 0 radical (unpaired) electrons. The normalized spacial score (nSPS) is 14.0. The third-order valence-electron chi connectivity index (χ3n) is 24.8. The van der Waals surface area contributed by atoms with Crippen molar-refractivity contribution in [3.63, 3.8) is 0 Å². The van der Waals surface area contributed by atoms with E-state index in [4.69, 9.17) is 4.74 Å². The molecule has 0 bridgehead atoms. The molecule has 0 aliphatic heterocycles. The molecule has 20 rings (SSSR count). The first kappa shape index (κ1) is 63.8. The topological polar surface area (TPSA) is 9.23 Å². The maximum atomic E-state index is 6.10. The van der Waals surface area contributed by atoms with Crippen molar-refractivity contribution in [1.29, 1.82) is 0 Å². The van der Waals surface area contributed by atoms with Gasteiger partial charge in [0.05, 0.1) is 6.61 Å². The molecule has 17 aromatic rings. The van der Waals surface area contributed by atoms with Crippen LogP contribution >= 0.6 is 0 Å². The predicted octanol–water partition coefficient (Wildman–Crippen LogP) is 29.2. The number of unbranched alkanes of at least 4 members (excludes halogenated alkanes) is 3. The van der Waals surface area contributed by atoms with Crippen LogP contribution in [-0.2, 0) is 16.2 Å². The molecule has 0 saturated heterocycles. The first-order valence-electron chi connectivity index (χ1n) is 38.3. The summed E-state index contributed by atoms with van der Waals surface area (Å²) in [5.41, 5.74) is 33.1. The molecular weight excluding hydrogens is 1280 g/mol. The van der Waals surface area contributed by atoms with Crippen LogP contribution in [0.5, 0.6) is 5.75 Å². The Labute approximate surface area is 622 Å². The van der Waals surface area contributed by atoms with Gasteiger partial charge in [0.25, 0.3) is 0 Å². The van der Waals surface area contributed by atoms with Crippen LogP contribution in [0.3, 0.4) is 0 Å². The van der Waals surface area contributed by atoms with Crippen LogP contribution in [0.2, 0.25) is 0 Å². The zero-order valence-corrected chi connectivity index (χ0v) is 61.4. The summed E-state index contributed by atoms with van der Waals surface area (Å²) in [6.45, 7) is 17.5. The van der Waals surface area contributed by atoms with Gasteiger partial charge in [0.2, 0.25) is 0 Å². The molecule has 1 heteroatoms. The van der Waals surface area contributed by atoms with E-state index in [1.54, 1.807) is 0 Å². The fourth-order valence-electron chi connectivity index (χ4n) is 19.5. The molecule has 0 spiro atoms. The third-order valence-corrected chi connectivity index (χ3v) is 24.8. The molecule has 0 saturated carbocycles. The average Bonchev–Trinajstić information content (AvgIpc) is 0.906. The standard InChI is InChI=1S/C105H82O/c1-8-9-10-25-58-106-72-51-44-65(45-52-72)64-40-42-66(43-41-64)97-79-27-11-13-29-81(79)98(82-30-14-12-28-80(82)97)70-49-56-77-75-53-46-67(59-92(75)104(4,5)95(77)62-70)68-47-54-76-78-57-50-71(63-96(78)105(6,7)93(76)60-68)100-85-33-17-21-37-89(85)102(90-38-22-18-34-86(90)100)101-87-35-19-15-31-83(87)99(84-32-16-20-36-88(84)101)69-48-55-74-73-26-23-24-39-91(73)103(2,3)94(74)61-69/h11-24,26-57,59-63H,8-10,25,58H2,1-7H3. The van der Waals surface area contributed by atoms with Crippen molar-refractivity contribution >= 4 is 64.6 Å². The monoisotopic (exact) mass is 1360 g/mol. The second kappa shape index (κ2) is 24.3. The number of benzene rings is 17. The lowest BCUT2D eigenvalue weighted by molar-refractivity contribution is 0.305. The molecule has 1 nitrogen and oxygen atoms in total. The summed E-state index contributed by atoms with van der Waals surface area (Å²) in [5, 5.41) is 15.1. The highest BCUT2D eigenvalue weighted by Gasteiger charge is 2.40. The summed E-state index contributed by atoms with van der Waals surface area (Å²) in [5.74, 6) is 0.936. The van der Waals surface area contributed by atoms with Crippen molar-refractivity contribution < 1.29 is 4.74 Å². The van der Waals surface area contributed by atoms with E-state index >= 15 is 0 Å². The summed E-state index contributed by atoms with van der Waals surface area (Å²) in [4.78, 5) is 0. The van der Waals surface area contributed by atoms with Gasteiger partial charge in [-0.3, -0.25) is 0 Å². The van der Waals surface area contributed by atoms with Crippen molar-refractivity contribution in [2.45, 2.75) is 90.4 Å². The smallest absolute Gasteiger partial charge is 0.119 e. The fourth-order valence-corrected chi connectivity index (χ4v) is 19.5. The van der Waals surface area contributed by atoms with Crippen LogP contribution in [0, 0.1) is 0 Å². The Hall–Kier alpha value is -11.9. The molecular formula is C105H82O. The molecule has 106 heavy (non-hydrogen) atoms. The van der Waals surface area contributed by atoms with Gasteiger partial charge in [-0.1, -0.05) is 335 Å². The van der Waals surface area contributed by atoms with E-state index in [-0.39, 0.29) is 16.2 Å². The number of hydrogen-bond donors (Lipinski definition) is 0. The van der Waals surface area contributed by atoms with E-state index in [9.17, 15) is 0 Å². The molecule has 3 aliphatic carbocycles. The minimum absolute atomic E-state index is 0.111. The zero-order chi connectivity index (χ0) is 71.3. The van der Waals surface area contributed by atoms with Crippen molar-refractivity contribution in [2.75, 3.05) is 6.61 Å². The van der Waals surface area contributed by atoms with Gasteiger partial charge in [-0.2, -0.15) is 0 Å². The molecule has 3 aliphatic rings. The van der Waals surface area contributed by atoms with Crippen LogP contribution in [0.25, 0.3) is 176 Å². The molecule has 0 atom stereocenters. The summed E-state index contributed by atoms with van der Waals surface area (Å²) >= 11 is 0. The quantitative estimate of drug-likeness (QED) is 0.0826. The average molecular weight is 1360 g/mol. The van der Waals surface area contributed by atoms with Crippen LogP contribution in [0.15, 0.2) is 309 Å². The van der Waals surface area contributed by atoms with Gasteiger partial charge in [-0.25, -0.2) is 0 Å². The number of hydrogen-bond acceptors (Lipinski definition) is 1. The summed E-state index contributed by atoms with van der Waals surface area (Å²) in [6.07, 6.45) is 4.80. The molecule has 0 aromatic heterocycles. The van der Waals surface area contributed by atoms with E-state index in [0.29, 0.717) is 0 Å². The Morgan fingerprint density at radius 2 is 0.453 bits per heavy atom. The first-order valence-corrected chi connectivity index (χ1v) is 38.3. The molecule has 0 unspecified atom stereocenters. The van der Waals surface area contributed by atoms with Gasteiger partial charge < -0.3 is 4.74 Å². The third kappa shape index (κ3) is 9.67. The fraction of sp³-hybridized carbons (Fsp3) is 0.143. The van der Waals surface area contributed by atoms with E-state index in [2.05, 4.69) is 358 Å². The zero-order valence-electron chi connectivity index (χ0n) is 61.4. The Bertz CT molecular complexity index is 6360. The Morgan fingerprint density at radius 3 is 0.792 bits per heavy atom. The molecule has 0 amide bonds.